The highest BCUT2D eigenvalue weighted by Gasteiger charge is 2.23. The Morgan fingerprint density at radius 1 is 1.24 bits per heavy atom. The standard InChI is InChI=1S/C20H25N3OS/c1-3-4-11-17-21-19(23(2)13-14-8-7-12-24-14)18-15-9-5-6-10-16(15)25-20(18)22-17/h7-8,12H,3-6,9-11,13H2,1-2H3. The van der Waals surface area contributed by atoms with E-state index in [4.69, 9.17) is 14.4 Å². The van der Waals surface area contributed by atoms with Crippen molar-refractivity contribution in [3.05, 3.63) is 40.4 Å². The number of hydrogen-bond acceptors (Lipinski definition) is 5. The van der Waals surface area contributed by atoms with E-state index in [1.165, 1.54) is 46.3 Å². The van der Waals surface area contributed by atoms with Crippen LogP contribution in [0.5, 0.6) is 0 Å². The number of unbranched alkanes of at least 4 members (excludes halogenated alkanes) is 1. The molecule has 0 fully saturated rings. The predicted octanol–water partition coefficient (Wildman–Crippen LogP) is 5.14. The summed E-state index contributed by atoms with van der Waals surface area (Å²) in [5.41, 5.74) is 1.49. The van der Waals surface area contributed by atoms with Gasteiger partial charge in [-0.15, -0.1) is 11.3 Å². The second kappa shape index (κ2) is 7.16. The number of anilines is 1. The van der Waals surface area contributed by atoms with Crippen molar-refractivity contribution >= 4 is 27.4 Å². The van der Waals surface area contributed by atoms with Gasteiger partial charge in [-0.1, -0.05) is 13.3 Å². The van der Waals surface area contributed by atoms with Crippen molar-refractivity contribution in [3.63, 3.8) is 0 Å². The van der Waals surface area contributed by atoms with Crippen LogP contribution in [0.2, 0.25) is 0 Å². The Morgan fingerprint density at radius 3 is 2.92 bits per heavy atom. The maximum atomic E-state index is 5.54. The van der Waals surface area contributed by atoms with Gasteiger partial charge in [-0.25, -0.2) is 9.97 Å². The fraction of sp³-hybridized carbons (Fsp3) is 0.500. The van der Waals surface area contributed by atoms with E-state index in [0.717, 1.165) is 43.2 Å². The maximum absolute atomic E-state index is 5.54. The minimum atomic E-state index is 0.733. The van der Waals surface area contributed by atoms with E-state index in [1.807, 2.05) is 23.5 Å². The van der Waals surface area contributed by atoms with Crippen molar-refractivity contribution in [3.8, 4) is 0 Å². The molecule has 4 nitrogen and oxygen atoms in total. The molecule has 3 aromatic heterocycles. The lowest BCUT2D eigenvalue weighted by atomic mass is 9.97. The Morgan fingerprint density at radius 2 is 2.12 bits per heavy atom. The first kappa shape index (κ1) is 16.6. The predicted molar refractivity (Wildman–Crippen MR) is 103 cm³/mol. The summed E-state index contributed by atoms with van der Waals surface area (Å²) < 4.78 is 5.54. The topological polar surface area (TPSA) is 42.2 Å². The molecule has 0 aliphatic heterocycles. The summed E-state index contributed by atoms with van der Waals surface area (Å²) in [6, 6.07) is 3.97. The Labute approximate surface area is 152 Å². The number of rotatable bonds is 6. The third-order valence-corrected chi connectivity index (χ3v) is 6.12. The van der Waals surface area contributed by atoms with Crippen molar-refractivity contribution in [2.24, 2.45) is 0 Å². The van der Waals surface area contributed by atoms with Crippen LogP contribution < -0.4 is 4.90 Å². The van der Waals surface area contributed by atoms with Crippen molar-refractivity contribution in [2.75, 3.05) is 11.9 Å². The van der Waals surface area contributed by atoms with E-state index in [0.29, 0.717) is 0 Å². The average Bonchev–Trinajstić information content (AvgIpc) is 3.26. The molecule has 0 N–H and O–H groups in total. The number of aryl methyl sites for hydroxylation is 3. The lowest BCUT2D eigenvalue weighted by Gasteiger charge is -2.20. The third-order valence-electron chi connectivity index (χ3n) is 4.93. The van der Waals surface area contributed by atoms with Gasteiger partial charge in [0.1, 0.15) is 22.2 Å². The van der Waals surface area contributed by atoms with Crippen molar-refractivity contribution < 1.29 is 4.42 Å². The summed E-state index contributed by atoms with van der Waals surface area (Å²) in [5.74, 6) is 3.02. The van der Waals surface area contributed by atoms with Gasteiger partial charge in [-0.2, -0.15) is 0 Å². The zero-order valence-corrected chi connectivity index (χ0v) is 15.9. The zero-order valence-electron chi connectivity index (χ0n) is 15.0. The Bertz CT molecular complexity index is 854. The molecule has 3 heterocycles. The summed E-state index contributed by atoms with van der Waals surface area (Å²) in [4.78, 5) is 14.8. The largest absolute Gasteiger partial charge is 0.467 e. The number of hydrogen-bond donors (Lipinski definition) is 0. The van der Waals surface area contributed by atoms with Gasteiger partial charge in [0, 0.05) is 18.3 Å². The normalized spacial score (nSPS) is 14.0. The lowest BCUT2D eigenvalue weighted by Crippen LogP contribution is -2.19. The maximum Gasteiger partial charge on any atom is 0.141 e. The number of thiophene rings is 1. The minimum Gasteiger partial charge on any atom is -0.467 e. The molecule has 0 amide bonds. The van der Waals surface area contributed by atoms with Gasteiger partial charge >= 0.3 is 0 Å². The molecule has 0 bridgehead atoms. The number of nitrogens with zero attached hydrogens (tertiary/aromatic N) is 3. The molecule has 1 aliphatic carbocycles. The van der Waals surface area contributed by atoms with Gasteiger partial charge in [-0.05, 0) is 49.8 Å². The molecular formula is C20H25N3OS. The molecule has 25 heavy (non-hydrogen) atoms. The summed E-state index contributed by atoms with van der Waals surface area (Å²) in [5, 5.41) is 1.29. The highest BCUT2D eigenvalue weighted by atomic mass is 32.1. The number of furan rings is 1. The SMILES string of the molecule is CCCCc1nc(N(C)Cc2ccco2)c2c3c(sc2n1)CCCC3. The zero-order chi connectivity index (χ0) is 17.2. The number of aromatic nitrogens is 2. The van der Waals surface area contributed by atoms with Crippen LogP contribution in [-0.4, -0.2) is 17.0 Å². The van der Waals surface area contributed by atoms with Gasteiger partial charge in [0.15, 0.2) is 0 Å². The van der Waals surface area contributed by atoms with Gasteiger partial charge in [0.05, 0.1) is 18.2 Å². The lowest BCUT2D eigenvalue weighted by molar-refractivity contribution is 0.507. The molecule has 132 valence electrons. The first-order chi connectivity index (χ1) is 12.3. The monoisotopic (exact) mass is 355 g/mol. The van der Waals surface area contributed by atoms with Gasteiger partial charge in [0.2, 0.25) is 0 Å². The molecular weight excluding hydrogens is 330 g/mol. The van der Waals surface area contributed by atoms with E-state index in [-0.39, 0.29) is 0 Å². The van der Waals surface area contributed by atoms with Crippen LogP contribution in [0.15, 0.2) is 22.8 Å². The Hall–Kier alpha value is -1.88. The molecule has 0 saturated heterocycles. The van der Waals surface area contributed by atoms with E-state index in [1.54, 1.807) is 6.26 Å². The minimum absolute atomic E-state index is 0.733. The van der Waals surface area contributed by atoms with Gasteiger partial charge in [-0.3, -0.25) is 0 Å². The highest BCUT2D eigenvalue weighted by molar-refractivity contribution is 7.19. The summed E-state index contributed by atoms with van der Waals surface area (Å²) in [6.45, 7) is 2.95. The van der Waals surface area contributed by atoms with Crippen LogP contribution in [-0.2, 0) is 25.8 Å². The van der Waals surface area contributed by atoms with E-state index < -0.39 is 0 Å². The van der Waals surface area contributed by atoms with Gasteiger partial charge in [0.25, 0.3) is 0 Å². The molecule has 3 aromatic rings. The van der Waals surface area contributed by atoms with Crippen LogP contribution >= 0.6 is 11.3 Å². The van der Waals surface area contributed by atoms with E-state index in [9.17, 15) is 0 Å². The van der Waals surface area contributed by atoms with Crippen LogP contribution in [0.25, 0.3) is 10.2 Å². The van der Waals surface area contributed by atoms with E-state index >= 15 is 0 Å². The molecule has 0 saturated carbocycles. The first-order valence-electron chi connectivity index (χ1n) is 9.31. The van der Waals surface area contributed by atoms with Crippen LogP contribution in [0, 0.1) is 0 Å². The highest BCUT2D eigenvalue weighted by Crippen LogP contribution is 2.39. The molecule has 0 spiro atoms. The molecule has 1 aliphatic rings. The molecule has 0 radical (unpaired) electrons. The third kappa shape index (κ3) is 3.30. The molecule has 0 aromatic carbocycles. The quantitative estimate of drug-likeness (QED) is 0.614. The van der Waals surface area contributed by atoms with Crippen LogP contribution in [0.1, 0.15) is 54.6 Å². The van der Waals surface area contributed by atoms with Gasteiger partial charge < -0.3 is 9.32 Å². The first-order valence-corrected chi connectivity index (χ1v) is 10.1. The second-order valence-corrected chi connectivity index (χ2v) is 7.98. The molecule has 5 heteroatoms. The Kier molecular flexibility index (Phi) is 4.75. The number of fused-ring (bicyclic) bond motifs is 3. The molecule has 0 atom stereocenters. The smallest absolute Gasteiger partial charge is 0.141 e. The summed E-state index contributed by atoms with van der Waals surface area (Å²) >= 11 is 1.89. The van der Waals surface area contributed by atoms with Crippen molar-refractivity contribution in [1.29, 1.82) is 0 Å². The van der Waals surface area contributed by atoms with Crippen molar-refractivity contribution in [2.45, 2.75) is 58.4 Å². The molecule has 4 rings (SSSR count). The average molecular weight is 356 g/mol. The second-order valence-electron chi connectivity index (χ2n) is 6.89. The van der Waals surface area contributed by atoms with Crippen LogP contribution in [0.4, 0.5) is 5.82 Å². The fourth-order valence-electron chi connectivity index (χ4n) is 3.62. The summed E-state index contributed by atoms with van der Waals surface area (Å²) in [7, 11) is 2.11. The van der Waals surface area contributed by atoms with E-state index in [2.05, 4.69) is 18.9 Å². The Balaban J connectivity index is 1.79. The van der Waals surface area contributed by atoms with Crippen LogP contribution in [0.3, 0.4) is 0 Å². The van der Waals surface area contributed by atoms with Crippen molar-refractivity contribution in [1.82, 2.24) is 9.97 Å². The summed E-state index contributed by atoms with van der Waals surface area (Å²) in [6.07, 6.45) is 9.92. The fourth-order valence-corrected chi connectivity index (χ4v) is 4.89. The molecule has 0 unspecified atom stereocenters.